The first-order valence-electron chi connectivity index (χ1n) is 6.60. The van der Waals surface area contributed by atoms with E-state index in [9.17, 15) is 14.7 Å². The van der Waals surface area contributed by atoms with E-state index in [1.165, 1.54) is 30.5 Å². The Balaban J connectivity index is 1.85. The van der Waals surface area contributed by atoms with Gasteiger partial charge in [-0.1, -0.05) is 35.3 Å². The van der Waals surface area contributed by atoms with Crippen molar-refractivity contribution < 1.29 is 14.7 Å². The van der Waals surface area contributed by atoms with Crippen LogP contribution in [0.15, 0.2) is 47.6 Å². The highest BCUT2D eigenvalue weighted by Gasteiger charge is 2.11. The van der Waals surface area contributed by atoms with Crippen molar-refractivity contribution in [3.63, 3.8) is 0 Å². The van der Waals surface area contributed by atoms with Gasteiger partial charge in [-0.2, -0.15) is 5.10 Å². The van der Waals surface area contributed by atoms with Crippen molar-refractivity contribution in [1.82, 2.24) is 16.3 Å². The smallest absolute Gasteiger partial charge is 0.353 e. The Morgan fingerprint density at radius 1 is 1.08 bits per heavy atom. The Hall–Kier alpha value is -2.77. The fourth-order valence-electron chi connectivity index (χ4n) is 1.64. The predicted octanol–water partition coefficient (Wildman–Crippen LogP) is 2.68. The highest BCUT2D eigenvalue weighted by atomic mass is 35.5. The molecule has 0 saturated heterocycles. The van der Waals surface area contributed by atoms with E-state index >= 15 is 0 Å². The highest BCUT2D eigenvalue weighted by molar-refractivity contribution is 6.36. The normalized spacial score (nSPS) is 10.4. The number of nitrogens with one attached hydrogen (secondary N) is 3. The Labute approximate surface area is 147 Å². The largest absolute Gasteiger partial charge is 0.507 e. The summed E-state index contributed by atoms with van der Waals surface area (Å²) in [5, 5.41) is 13.7. The van der Waals surface area contributed by atoms with Crippen LogP contribution in [0, 0.1) is 0 Å². The van der Waals surface area contributed by atoms with E-state index in [0.717, 1.165) is 0 Å². The molecule has 24 heavy (non-hydrogen) atoms. The molecule has 0 aliphatic carbocycles. The maximum atomic E-state index is 11.9. The van der Waals surface area contributed by atoms with E-state index < -0.39 is 11.9 Å². The maximum absolute atomic E-state index is 11.9. The standard InChI is InChI=1S/C15H12Cl2N4O3/c16-10-5-6-11(12(17)7-10)14(23)19-21-15(24)20-18-8-9-3-1-2-4-13(9)22/h1-8,22H,(H,19,23)(H2,20,21,24)/b18-8+. The lowest BCUT2D eigenvalue weighted by Gasteiger charge is -2.08. The molecule has 0 aromatic heterocycles. The van der Waals surface area contributed by atoms with Crippen LogP contribution in [-0.4, -0.2) is 23.3 Å². The zero-order chi connectivity index (χ0) is 17.5. The number of hydrazine groups is 1. The van der Waals surface area contributed by atoms with E-state index in [1.54, 1.807) is 18.2 Å². The van der Waals surface area contributed by atoms with Crippen molar-refractivity contribution in [3.05, 3.63) is 63.6 Å². The number of aromatic hydroxyl groups is 1. The van der Waals surface area contributed by atoms with Crippen molar-refractivity contribution in [1.29, 1.82) is 0 Å². The summed E-state index contributed by atoms with van der Waals surface area (Å²) in [6, 6.07) is 10.0. The molecule has 4 N–H and O–H groups in total. The minimum Gasteiger partial charge on any atom is -0.507 e. The summed E-state index contributed by atoms with van der Waals surface area (Å²) in [5.74, 6) is -0.592. The van der Waals surface area contributed by atoms with E-state index in [1.807, 2.05) is 0 Å². The van der Waals surface area contributed by atoms with Crippen molar-refractivity contribution in [2.24, 2.45) is 5.10 Å². The van der Waals surface area contributed by atoms with Gasteiger partial charge < -0.3 is 5.11 Å². The van der Waals surface area contributed by atoms with Crippen LogP contribution in [-0.2, 0) is 0 Å². The molecule has 2 aromatic carbocycles. The topological polar surface area (TPSA) is 103 Å². The lowest BCUT2D eigenvalue weighted by atomic mass is 10.2. The van der Waals surface area contributed by atoms with Gasteiger partial charge in [0, 0.05) is 10.6 Å². The molecule has 0 radical (unpaired) electrons. The number of rotatable bonds is 3. The number of urea groups is 1. The fraction of sp³-hybridized carbons (Fsp3) is 0. The van der Waals surface area contributed by atoms with Crippen LogP contribution >= 0.6 is 23.2 Å². The summed E-state index contributed by atoms with van der Waals surface area (Å²) >= 11 is 11.6. The minimum atomic E-state index is -0.778. The number of hydrogen-bond acceptors (Lipinski definition) is 4. The number of hydrogen-bond donors (Lipinski definition) is 4. The molecule has 0 spiro atoms. The first kappa shape index (κ1) is 17.6. The molecule has 0 aliphatic heterocycles. The molecule has 0 atom stereocenters. The molecule has 0 fully saturated rings. The van der Waals surface area contributed by atoms with Gasteiger partial charge in [-0.3, -0.25) is 10.2 Å². The third kappa shape index (κ3) is 4.87. The summed E-state index contributed by atoms with van der Waals surface area (Å²) in [7, 11) is 0. The zero-order valence-electron chi connectivity index (χ0n) is 12.1. The number of para-hydroxylation sites is 1. The molecule has 0 saturated carbocycles. The minimum absolute atomic E-state index is 0.0224. The number of nitrogens with zero attached hydrogens (tertiary/aromatic N) is 1. The average Bonchev–Trinajstić information content (AvgIpc) is 2.54. The second kappa shape index (κ2) is 8.19. The lowest BCUT2D eigenvalue weighted by Crippen LogP contribution is -2.45. The number of hydrazone groups is 1. The number of amides is 3. The predicted molar refractivity (Wildman–Crippen MR) is 91.3 cm³/mol. The molecule has 2 rings (SSSR count). The van der Waals surface area contributed by atoms with Gasteiger partial charge in [-0.15, -0.1) is 0 Å². The maximum Gasteiger partial charge on any atom is 0.353 e. The van der Waals surface area contributed by atoms with Crippen molar-refractivity contribution >= 4 is 41.4 Å². The van der Waals surface area contributed by atoms with Gasteiger partial charge in [-0.05, 0) is 30.3 Å². The summed E-state index contributed by atoms with van der Waals surface area (Å²) in [5.41, 5.74) is 6.98. The molecule has 124 valence electrons. The second-order valence-corrected chi connectivity index (χ2v) is 5.30. The van der Waals surface area contributed by atoms with Crippen molar-refractivity contribution in [2.75, 3.05) is 0 Å². The van der Waals surface area contributed by atoms with Crippen LogP contribution in [0.3, 0.4) is 0 Å². The van der Waals surface area contributed by atoms with Crippen molar-refractivity contribution in [3.8, 4) is 5.75 Å². The number of phenols is 1. The highest BCUT2D eigenvalue weighted by Crippen LogP contribution is 2.20. The van der Waals surface area contributed by atoms with Crippen LogP contribution in [0.1, 0.15) is 15.9 Å². The Morgan fingerprint density at radius 3 is 2.54 bits per heavy atom. The molecule has 0 unspecified atom stereocenters. The summed E-state index contributed by atoms with van der Waals surface area (Å²) in [6.07, 6.45) is 1.26. The molecule has 0 bridgehead atoms. The Morgan fingerprint density at radius 2 is 1.83 bits per heavy atom. The van der Waals surface area contributed by atoms with Gasteiger partial charge >= 0.3 is 6.03 Å². The Kier molecular flexibility index (Phi) is 6.00. The summed E-state index contributed by atoms with van der Waals surface area (Å²) in [6.45, 7) is 0. The van der Waals surface area contributed by atoms with Gasteiger partial charge in [-0.25, -0.2) is 15.6 Å². The molecule has 0 aliphatic rings. The van der Waals surface area contributed by atoms with Gasteiger partial charge in [0.25, 0.3) is 5.91 Å². The van der Waals surface area contributed by atoms with Gasteiger partial charge in [0.1, 0.15) is 5.75 Å². The molecular formula is C15H12Cl2N4O3. The molecule has 9 heteroatoms. The third-order valence-electron chi connectivity index (χ3n) is 2.77. The van der Waals surface area contributed by atoms with E-state index in [-0.39, 0.29) is 16.3 Å². The fourth-order valence-corrected chi connectivity index (χ4v) is 2.13. The van der Waals surface area contributed by atoms with Crippen LogP contribution in [0.5, 0.6) is 5.75 Å². The second-order valence-electron chi connectivity index (χ2n) is 4.46. The molecule has 2 aromatic rings. The number of benzene rings is 2. The first-order valence-corrected chi connectivity index (χ1v) is 7.35. The molecular weight excluding hydrogens is 355 g/mol. The van der Waals surface area contributed by atoms with Gasteiger partial charge in [0.05, 0.1) is 16.8 Å². The quantitative estimate of drug-likeness (QED) is 0.495. The summed E-state index contributed by atoms with van der Waals surface area (Å²) in [4.78, 5) is 23.4. The van der Waals surface area contributed by atoms with Crippen molar-refractivity contribution in [2.45, 2.75) is 0 Å². The molecule has 3 amide bonds. The summed E-state index contributed by atoms with van der Waals surface area (Å²) < 4.78 is 0. The van der Waals surface area contributed by atoms with Crippen LogP contribution in [0.4, 0.5) is 4.79 Å². The number of phenolic OH excluding ortho intramolecular Hbond substituents is 1. The third-order valence-corrected chi connectivity index (χ3v) is 3.32. The number of carbonyl (C=O) groups excluding carboxylic acids is 2. The molecule has 0 heterocycles. The lowest BCUT2D eigenvalue weighted by molar-refractivity contribution is 0.0936. The monoisotopic (exact) mass is 366 g/mol. The van der Waals surface area contributed by atoms with E-state index in [0.29, 0.717) is 10.6 Å². The van der Waals surface area contributed by atoms with Gasteiger partial charge in [0.2, 0.25) is 0 Å². The zero-order valence-corrected chi connectivity index (χ0v) is 13.6. The van der Waals surface area contributed by atoms with E-state index in [4.69, 9.17) is 23.2 Å². The average molecular weight is 367 g/mol. The SMILES string of the molecule is O=C(N/N=C/c1ccccc1O)NNC(=O)c1ccc(Cl)cc1Cl. The van der Waals surface area contributed by atoms with Gasteiger partial charge in [0.15, 0.2) is 0 Å². The van der Waals surface area contributed by atoms with Crippen LogP contribution in [0.25, 0.3) is 0 Å². The van der Waals surface area contributed by atoms with E-state index in [2.05, 4.69) is 21.4 Å². The number of carbonyl (C=O) groups is 2. The first-order chi connectivity index (χ1) is 11.5. The molecule has 7 nitrogen and oxygen atoms in total. The van der Waals surface area contributed by atoms with Crippen LogP contribution in [0.2, 0.25) is 10.0 Å². The van der Waals surface area contributed by atoms with Crippen LogP contribution < -0.4 is 16.3 Å². The Bertz CT molecular complexity index is 796. The number of halogens is 2.